The molecule has 4 nitrogen and oxygen atoms in total. The molecule has 0 heterocycles. The standard InChI is InChI=1S/C4H7NO.C3H9N.2ClH.H3N/c1-2-3-4(5)6;1-4(2)3;;;/h2-3H,1H3,(H2,5,6);1-3H3;2*1H;1H3. The fourth-order valence-electron chi connectivity index (χ4n) is 0.164. The molecule has 0 spiro atoms. The Morgan fingerprint density at radius 2 is 1.46 bits per heavy atom. The Labute approximate surface area is 92.9 Å². The van der Waals surface area contributed by atoms with E-state index in [2.05, 4.69) is 5.73 Å². The predicted molar refractivity (Wildman–Crippen MR) is 63.1 cm³/mol. The fraction of sp³-hybridized carbons (Fsp3) is 0.571. The molecule has 0 aromatic carbocycles. The lowest BCUT2D eigenvalue weighted by molar-refractivity contribution is -0.113. The van der Waals surface area contributed by atoms with Crippen molar-refractivity contribution in [2.24, 2.45) is 5.73 Å². The first-order chi connectivity index (χ1) is 4.50. The number of hydrogen-bond acceptors (Lipinski definition) is 3. The first-order valence-corrected chi connectivity index (χ1v) is 3.03. The van der Waals surface area contributed by atoms with Crippen molar-refractivity contribution in [3.8, 4) is 0 Å². The maximum atomic E-state index is 9.73. The second kappa shape index (κ2) is 22.6. The Bertz CT molecular complexity index is 116. The van der Waals surface area contributed by atoms with Gasteiger partial charge in [0.1, 0.15) is 0 Å². The van der Waals surface area contributed by atoms with Crippen LogP contribution in [0.25, 0.3) is 0 Å². The van der Waals surface area contributed by atoms with Crippen molar-refractivity contribution < 1.29 is 4.79 Å². The van der Waals surface area contributed by atoms with E-state index in [0.717, 1.165) is 0 Å². The van der Waals surface area contributed by atoms with Gasteiger partial charge in [-0.05, 0) is 34.1 Å². The molecule has 0 radical (unpaired) electrons. The maximum absolute atomic E-state index is 9.73. The number of rotatable bonds is 1. The van der Waals surface area contributed by atoms with Crippen LogP contribution in [0.3, 0.4) is 0 Å². The van der Waals surface area contributed by atoms with Gasteiger partial charge < -0.3 is 16.8 Å². The van der Waals surface area contributed by atoms with E-state index in [9.17, 15) is 4.79 Å². The second-order valence-corrected chi connectivity index (χ2v) is 2.24. The van der Waals surface area contributed by atoms with Crippen LogP contribution >= 0.6 is 24.8 Å². The van der Waals surface area contributed by atoms with Gasteiger partial charge in [-0.1, -0.05) is 6.08 Å². The zero-order valence-electron chi connectivity index (χ0n) is 8.61. The Hall–Kier alpha value is -0.290. The summed E-state index contributed by atoms with van der Waals surface area (Å²) in [4.78, 5) is 11.7. The molecule has 1 amide bonds. The van der Waals surface area contributed by atoms with Crippen molar-refractivity contribution in [3.63, 3.8) is 0 Å². The molecule has 0 fully saturated rings. The molecule has 0 aliphatic carbocycles. The Morgan fingerprint density at radius 3 is 1.46 bits per heavy atom. The number of hydrogen-bond donors (Lipinski definition) is 2. The predicted octanol–water partition coefficient (Wildman–Crippen LogP) is 1.23. The van der Waals surface area contributed by atoms with Crippen molar-refractivity contribution in [3.05, 3.63) is 12.2 Å². The number of allylic oxidation sites excluding steroid dienone is 1. The van der Waals surface area contributed by atoms with Crippen LogP contribution in [-0.2, 0) is 4.79 Å². The molecule has 0 aromatic rings. The van der Waals surface area contributed by atoms with Gasteiger partial charge in [0, 0.05) is 0 Å². The largest absolute Gasteiger partial charge is 0.366 e. The first kappa shape index (κ1) is 29.3. The smallest absolute Gasteiger partial charge is 0.241 e. The van der Waals surface area contributed by atoms with Crippen LogP contribution in [0.4, 0.5) is 0 Å². The zero-order valence-corrected chi connectivity index (χ0v) is 10.2. The number of nitrogens with two attached hydrogens (primary N) is 1. The summed E-state index contributed by atoms with van der Waals surface area (Å²) in [6, 6.07) is 0. The molecule has 13 heavy (non-hydrogen) atoms. The summed E-state index contributed by atoms with van der Waals surface area (Å²) < 4.78 is 0. The number of primary amides is 1. The average molecular weight is 234 g/mol. The molecule has 0 saturated carbocycles. The van der Waals surface area contributed by atoms with Crippen LogP contribution < -0.4 is 11.9 Å². The number of nitrogens with zero attached hydrogens (tertiary/aromatic N) is 1. The molecule has 0 unspecified atom stereocenters. The highest BCUT2D eigenvalue weighted by Gasteiger charge is 1.73. The van der Waals surface area contributed by atoms with E-state index in [4.69, 9.17) is 0 Å². The number of amides is 1. The van der Waals surface area contributed by atoms with E-state index in [1.807, 2.05) is 26.0 Å². The Morgan fingerprint density at radius 1 is 1.23 bits per heavy atom. The van der Waals surface area contributed by atoms with Crippen LogP contribution in [0.2, 0.25) is 0 Å². The van der Waals surface area contributed by atoms with Gasteiger partial charge in [-0.25, -0.2) is 0 Å². The van der Waals surface area contributed by atoms with Crippen LogP contribution in [0, 0.1) is 0 Å². The van der Waals surface area contributed by atoms with Crippen LogP contribution in [0.5, 0.6) is 0 Å². The minimum atomic E-state index is -0.391. The molecule has 0 aliphatic heterocycles. The normalized spacial score (nSPS) is 7.15. The van der Waals surface area contributed by atoms with E-state index < -0.39 is 5.91 Å². The van der Waals surface area contributed by atoms with Crippen molar-refractivity contribution in [2.45, 2.75) is 6.92 Å². The van der Waals surface area contributed by atoms with Crippen LogP contribution in [-0.4, -0.2) is 32.0 Å². The topological polar surface area (TPSA) is 81.3 Å². The van der Waals surface area contributed by atoms with Crippen molar-refractivity contribution in [2.75, 3.05) is 21.1 Å². The molecule has 0 bridgehead atoms. The van der Waals surface area contributed by atoms with Gasteiger partial charge in [0.2, 0.25) is 5.91 Å². The first-order valence-electron chi connectivity index (χ1n) is 3.03. The van der Waals surface area contributed by atoms with E-state index in [1.165, 1.54) is 6.08 Å². The summed E-state index contributed by atoms with van der Waals surface area (Å²) in [6.45, 7) is 1.74. The monoisotopic (exact) mass is 233 g/mol. The third-order valence-corrected chi connectivity index (χ3v) is 0.331. The van der Waals surface area contributed by atoms with E-state index in [-0.39, 0.29) is 31.0 Å². The highest BCUT2D eigenvalue weighted by Crippen LogP contribution is 1.62. The molecule has 84 valence electrons. The minimum absolute atomic E-state index is 0. The summed E-state index contributed by atoms with van der Waals surface area (Å²) in [7, 11) is 6.00. The molecule has 0 aliphatic rings. The van der Waals surface area contributed by atoms with Gasteiger partial charge in [-0.15, -0.1) is 24.8 Å². The van der Waals surface area contributed by atoms with Gasteiger partial charge in [0.15, 0.2) is 0 Å². The summed E-state index contributed by atoms with van der Waals surface area (Å²) in [5.41, 5.74) is 4.68. The van der Waals surface area contributed by atoms with E-state index in [1.54, 1.807) is 13.0 Å². The van der Waals surface area contributed by atoms with Gasteiger partial charge >= 0.3 is 0 Å². The molecule has 0 atom stereocenters. The lowest BCUT2D eigenvalue weighted by Gasteiger charge is -1.90. The third-order valence-electron chi connectivity index (χ3n) is 0.331. The highest BCUT2D eigenvalue weighted by molar-refractivity contribution is 5.86. The SMILES string of the molecule is CC=CC(N)=O.CN(C)C.Cl.Cl.N. The molecule has 5 N–H and O–H groups in total. The lowest BCUT2D eigenvalue weighted by Crippen LogP contribution is -2.04. The molecule has 6 heteroatoms. The molecule has 0 aromatic heterocycles. The summed E-state index contributed by atoms with van der Waals surface area (Å²) in [5.74, 6) is -0.391. The van der Waals surface area contributed by atoms with E-state index >= 15 is 0 Å². The maximum Gasteiger partial charge on any atom is 0.241 e. The summed E-state index contributed by atoms with van der Waals surface area (Å²) in [6.07, 6.45) is 2.91. The highest BCUT2D eigenvalue weighted by atomic mass is 35.5. The number of carbonyl (C=O) groups excluding carboxylic acids is 1. The van der Waals surface area contributed by atoms with Crippen molar-refractivity contribution in [1.29, 1.82) is 0 Å². The molecule has 0 rings (SSSR count). The quantitative estimate of drug-likeness (QED) is 0.669. The third kappa shape index (κ3) is 150. The van der Waals surface area contributed by atoms with Crippen LogP contribution in [0.1, 0.15) is 6.92 Å². The minimum Gasteiger partial charge on any atom is -0.366 e. The van der Waals surface area contributed by atoms with Gasteiger partial charge in [-0.2, -0.15) is 0 Å². The summed E-state index contributed by atoms with van der Waals surface area (Å²) >= 11 is 0. The average Bonchev–Trinajstić information content (AvgIpc) is 1.62. The molecular formula is C7H21Cl2N3O. The molecular weight excluding hydrogens is 213 g/mol. The fourth-order valence-corrected chi connectivity index (χ4v) is 0.164. The lowest BCUT2D eigenvalue weighted by atomic mass is 10.5. The van der Waals surface area contributed by atoms with Crippen molar-refractivity contribution >= 4 is 30.7 Å². The van der Waals surface area contributed by atoms with Gasteiger partial charge in [0.25, 0.3) is 0 Å². The second-order valence-electron chi connectivity index (χ2n) is 2.24. The van der Waals surface area contributed by atoms with Gasteiger partial charge in [-0.3, -0.25) is 4.79 Å². The Kier molecular flexibility index (Phi) is 51.0. The van der Waals surface area contributed by atoms with E-state index in [0.29, 0.717) is 0 Å². The van der Waals surface area contributed by atoms with Crippen molar-refractivity contribution in [1.82, 2.24) is 11.1 Å². The van der Waals surface area contributed by atoms with Crippen LogP contribution in [0.15, 0.2) is 12.2 Å². The molecule has 0 saturated heterocycles. The summed E-state index contributed by atoms with van der Waals surface area (Å²) in [5, 5.41) is 0. The number of carbonyl (C=O) groups is 1. The zero-order chi connectivity index (χ0) is 8.57. The van der Waals surface area contributed by atoms with Gasteiger partial charge in [0.05, 0.1) is 0 Å². The Balaban J connectivity index is -0.0000000279. The number of halogens is 2.